The first-order valence-electron chi connectivity index (χ1n) is 7.51. The van der Waals surface area contributed by atoms with Crippen molar-refractivity contribution in [2.45, 2.75) is 31.8 Å². The highest BCUT2D eigenvalue weighted by molar-refractivity contribution is 6.28. The molecule has 0 spiro atoms. The summed E-state index contributed by atoms with van der Waals surface area (Å²) < 4.78 is 13.3. The van der Waals surface area contributed by atoms with Crippen LogP contribution in [0.1, 0.15) is 25.1 Å². The van der Waals surface area contributed by atoms with E-state index in [9.17, 15) is 0 Å². The monoisotopic (exact) mass is 317 g/mol. The van der Waals surface area contributed by atoms with Crippen LogP contribution in [0.4, 0.5) is 0 Å². The molecule has 3 aromatic heterocycles. The third kappa shape index (κ3) is 2.51. The number of hydrogen-bond donors (Lipinski definition) is 0. The molecular weight excluding hydrogens is 302 g/mol. The fourth-order valence-corrected chi connectivity index (χ4v) is 3.07. The number of fused-ring (bicyclic) bond motifs is 1. The molecule has 1 saturated heterocycles. The van der Waals surface area contributed by atoms with E-state index in [1.54, 1.807) is 12.3 Å². The number of ether oxygens (including phenoxy) is 1. The van der Waals surface area contributed by atoms with Gasteiger partial charge in [0.2, 0.25) is 5.88 Å². The van der Waals surface area contributed by atoms with Crippen LogP contribution in [0, 0.1) is 0 Å². The maximum atomic E-state index is 5.93. The van der Waals surface area contributed by atoms with Crippen LogP contribution in [0.25, 0.3) is 17.0 Å². The fraction of sp³-hybridized carbons (Fsp3) is 0.375. The molecule has 4 heterocycles. The van der Waals surface area contributed by atoms with Gasteiger partial charge in [0.1, 0.15) is 11.3 Å². The van der Waals surface area contributed by atoms with Crippen molar-refractivity contribution in [3.05, 3.63) is 41.5 Å². The molecule has 22 heavy (non-hydrogen) atoms. The van der Waals surface area contributed by atoms with Crippen molar-refractivity contribution >= 4 is 22.8 Å². The van der Waals surface area contributed by atoms with Crippen molar-refractivity contribution in [1.29, 1.82) is 0 Å². The van der Waals surface area contributed by atoms with Gasteiger partial charge in [-0.1, -0.05) is 0 Å². The van der Waals surface area contributed by atoms with Gasteiger partial charge in [-0.25, -0.2) is 14.5 Å². The van der Waals surface area contributed by atoms with E-state index in [-0.39, 0.29) is 6.10 Å². The van der Waals surface area contributed by atoms with E-state index in [4.69, 9.17) is 25.7 Å². The molecular formula is C16H16ClN3O2. The topological polar surface area (TPSA) is 53.1 Å². The molecule has 0 saturated carbocycles. The van der Waals surface area contributed by atoms with Crippen molar-refractivity contribution in [3.63, 3.8) is 0 Å². The van der Waals surface area contributed by atoms with Gasteiger partial charge in [-0.05, 0) is 49.1 Å². The molecule has 114 valence electrons. The van der Waals surface area contributed by atoms with Crippen LogP contribution in [0.2, 0.25) is 5.22 Å². The number of halogens is 1. The van der Waals surface area contributed by atoms with Crippen molar-refractivity contribution in [1.82, 2.24) is 14.5 Å². The van der Waals surface area contributed by atoms with E-state index in [0.717, 1.165) is 42.9 Å². The van der Waals surface area contributed by atoms with Gasteiger partial charge in [-0.15, -0.1) is 0 Å². The third-order valence-corrected chi connectivity index (χ3v) is 4.15. The summed E-state index contributed by atoms with van der Waals surface area (Å²) in [4.78, 5) is 9.15. The number of furan rings is 1. The summed E-state index contributed by atoms with van der Waals surface area (Å²) in [5.74, 6) is 1.53. The molecule has 6 heteroatoms. The van der Waals surface area contributed by atoms with Gasteiger partial charge >= 0.3 is 0 Å². The molecule has 1 unspecified atom stereocenters. The van der Waals surface area contributed by atoms with E-state index >= 15 is 0 Å². The lowest BCUT2D eigenvalue weighted by molar-refractivity contribution is 0.0154. The lowest BCUT2D eigenvalue weighted by Crippen LogP contribution is -2.23. The highest BCUT2D eigenvalue weighted by atomic mass is 35.5. The Hall–Kier alpha value is -1.85. The van der Waals surface area contributed by atoms with Crippen molar-refractivity contribution < 1.29 is 9.15 Å². The molecule has 1 atom stereocenters. The second-order valence-corrected chi connectivity index (χ2v) is 5.85. The number of imidazole rings is 1. The summed E-state index contributed by atoms with van der Waals surface area (Å²) >= 11 is 5.93. The van der Waals surface area contributed by atoms with Crippen LogP contribution in [0.3, 0.4) is 0 Å². The van der Waals surface area contributed by atoms with Gasteiger partial charge in [0.25, 0.3) is 0 Å². The number of nitrogens with zero attached hydrogens (tertiary/aromatic N) is 3. The smallest absolute Gasteiger partial charge is 0.208 e. The molecule has 1 aliphatic rings. The van der Waals surface area contributed by atoms with Crippen molar-refractivity contribution in [3.8, 4) is 5.88 Å². The normalized spacial score (nSPS) is 18.9. The average molecular weight is 318 g/mol. The number of aromatic nitrogens is 3. The molecule has 0 bridgehead atoms. The summed E-state index contributed by atoms with van der Waals surface area (Å²) in [6, 6.07) is 7.40. The minimum atomic E-state index is 0.203. The Morgan fingerprint density at radius 2 is 2.23 bits per heavy atom. The zero-order valence-corrected chi connectivity index (χ0v) is 12.8. The molecule has 3 aromatic rings. The highest BCUT2D eigenvalue weighted by Gasteiger charge is 2.21. The van der Waals surface area contributed by atoms with Crippen LogP contribution < -0.4 is 0 Å². The van der Waals surface area contributed by atoms with E-state index in [0.29, 0.717) is 11.1 Å². The van der Waals surface area contributed by atoms with Gasteiger partial charge < -0.3 is 9.15 Å². The number of hydrogen-bond acceptors (Lipinski definition) is 4. The molecule has 0 radical (unpaired) electrons. The molecule has 0 aliphatic carbocycles. The second-order valence-electron chi connectivity index (χ2n) is 5.48. The first kappa shape index (κ1) is 13.8. The largest absolute Gasteiger partial charge is 0.428 e. The minimum Gasteiger partial charge on any atom is -0.428 e. The SMILES string of the molecule is Clc1ccc(-n2c(CC3CCCCO3)nc3cccnc32)o1. The molecule has 4 rings (SSSR count). The second kappa shape index (κ2) is 5.74. The summed E-state index contributed by atoms with van der Waals surface area (Å²) in [7, 11) is 0. The first-order chi connectivity index (χ1) is 10.8. The highest BCUT2D eigenvalue weighted by Crippen LogP contribution is 2.26. The summed E-state index contributed by atoms with van der Waals surface area (Å²) in [6.07, 6.45) is 6.11. The fourth-order valence-electron chi connectivity index (χ4n) is 2.92. The van der Waals surface area contributed by atoms with Gasteiger partial charge in [0.05, 0.1) is 6.10 Å². The molecule has 0 N–H and O–H groups in total. The van der Waals surface area contributed by atoms with Gasteiger partial charge in [0, 0.05) is 25.3 Å². The molecule has 0 aromatic carbocycles. The minimum absolute atomic E-state index is 0.203. The summed E-state index contributed by atoms with van der Waals surface area (Å²) in [6.45, 7) is 0.829. The standard InChI is InChI=1S/C16H16ClN3O2/c17-13-6-7-15(22-13)20-14(10-11-4-1-2-9-21-11)19-12-5-3-8-18-16(12)20/h3,5-8,11H,1-2,4,9-10H2. The van der Waals surface area contributed by atoms with Gasteiger partial charge in [-0.3, -0.25) is 0 Å². The van der Waals surface area contributed by atoms with Crippen molar-refractivity contribution in [2.75, 3.05) is 6.61 Å². The summed E-state index contributed by atoms with van der Waals surface area (Å²) in [5, 5.41) is 0.354. The van der Waals surface area contributed by atoms with E-state index in [1.807, 2.05) is 22.8 Å². The van der Waals surface area contributed by atoms with Crippen LogP contribution in [-0.4, -0.2) is 27.2 Å². The summed E-state index contributed by atoms with van der Waals surface area (Å²) in [5.41, 5.74) is 1.63. The van der Waals surface area contributed by atoms with E-state index < -0.39 is 0 Å². The Balaban J connectivity index is 1.79. The van der Waals surface area contributed by atoms with E-state index in [1.165, 1.54) is 6.42 Å². The zero-order valence-electron chi connectivity index (χ0n) is 12.0. The Labute approximate surface area is 132 Å². The van der Waals surface area contributed by atoms with E-state index in [2.05, 4.69) is 4.98 Å². The Morgan fingerprint density at radius 1 is 1.27 bits per heavy atom. The van der Waals surface area contributed by atoms with Crippen molar-refractivity contribution in [2.24, 2.45) is 0 Å². The molecule has 1 aliphatic heterocycles. The molecule has 1 fully saturated rings. The van der Waals surface area contributed by atoms with Crippen LogP contribution >= 0.6 is 11.6 Å². The van der Waals surface area contributed by atoms with Gasteiger partial charge in [-0.2, -0.15) is 0 Å². The maximum Gasteiger partial charge on any atom is 0.208 e. The van der Waals surface area contributed by atoms with Gasteiger partial charge in [0.15, 0.2) is 10.9 Å². The van der Waals surface area contributed by atoms with Crippen LogP contribution in [-0.2, 0) is 11.2 Å². The lowest BCUT2D eigenvalue weighted by Gasteiger charge is -2.22. The Bertz CT molecular complexity index is 790. The molecule has 5 nitrogen and oxygen atoms in total. The lowest BCUT2D eigenvalue weighted by atomic mass is 10.1. The Kier molecular flexibility index (Phi) is 3.60. The predicted octanol–water partition coefficient (Wildman–Crippen LogP) is 3.78. The Morgan fingerprint density at radius 3 is 3.00 bits per heavy atom. The maximum absolute atomic E-state index is 5.93. The number of rotatable bonds is 3. The first-order valence-corrected chi connectivity index (χ1v) is 7.89. The average Bonchev–Trinajstić information content (AvgIpc) is 3.11. The quantitative estimate of drug-likeness (QED) is 0.737. The van der Waals surface area contributed by atoms with Crippen LogP contribution in [0.15, 0.2) is 34.9 Å². The number of pyridine rings is 1. The van der Waals surface area contributed by atoms with Crippen LogP contribution in [0.5, 0.6) is 0 Å². The predicted molar refractivity (Wildman–Crippen MR) is 83.4 cm³/mol. The zero-order chi connectivity index (χ0) is 14.9. The third-order valence-electron chi connectivity index (χ3n) is 3.95. The molecule has 0 amide bonds.